The molecule has 29 heavy (non-hydrogen) atoms. The molecule has 0 radical (unpaired) electrons. The maximum atomic E-state index is 12.7. The minimum Gasteiger partial charge on any atom is -0.431 e. The van der Waals surface area contributed by atoms with Crippen molar-refractivity contribution in [2.45, 2.75) is 25.2 Å². The lowest BCUT2D eigenvalue weighted by molar-refractivity contribution is -0.0494. The minimum absolute atomic E-state index is 0.113. The van der Waals surface area contributed by atoms with Gasteiger partial charge in [-0.05, 0) is 12.5 Å². The highest BCUT2D eigenvalue weighted by Crippen LogP contribution is 2.35. The monoisotopic (exact) mass is 418 g/mol. The van der Waals surface area contributed by atoms with Crippen molar-refractivity contribution in [3.63, 3.8) is 0 Å². The first kappa shape index (κ1) is 18.1. The number of hydrogen-bond donors (Lipinski definition) is 1. The van der Waals surface area contributed by atoms with E-state index in [0.29, 0.717) is 28.7 Å². The molecule has 3 aromatic rings. The number of morpholine rings is 1. The second-order valence-electron chi connectivity index (χ2n) is 6.76. The molecule has 5 heterocycles. The number of fused-ring (bicyclic) bond motifs is 2. The van der Waals surface area contributed by atoms with Crippen LogP contribution in [0.2, 0.25) is 0 Å². The maximum Gasteiger partial charge on any atom is 0.387 e. The summed E-state index contributed by atoms with van der Waals surface area (Å²) in [6, 6.07) is 3.48. The zero-order chi connectivity index (χ0) is 20.0. The second-order valence-corrected chi connectivity index (χ2v) is 7.65. The van der Waals surface area contributed by atoms with Gasteiger partial charge < -0.3 is 20.1 Å². The van der Waals surface area contributed by atoms with Gasteiger partial charge >= 0.3 is 6.61 Å². The van der Waals surface area contributed by atoms with E-state index in [1.165, 1.54) is 23.6 Å². The van der Waals surface area contributed by atoms with Crippen molar-refractivity contribution in [1.82, 2.24) is 19.9 Å². The Kier molecular flexibility index (Phi) is 4.47. The third kappa shape index (κ3) is 3.47. The summed E-state index contributed by atoms with van der Waals surface area (Å²) in [6.07, 6.45) is 4.32. The molecule has 0 spiro atoms. The molecule has 5 rings (SSSR count). The van der Waals surface area contributed by atoms with Gasteiger partial charge in [-0.3, -0.25) is 0 Å². The molecular weight excluding hydrogens is 402 g/mol. The van der Waals surface area contributed by atoms with Gasteiger partial charge in [0.2, 0.25) is 0 Å². The predicted octanol–water partition coefficient (Wildman–Crippen LogP) is 2.82. The molecule has 2 atom stereocenters. The molecule has 3 aromatic heterocycles. The van der Waals surface area contributed by atoms with Crippen LogP contribution in [0, 0.1) is 0 Å². The quantitative estimate of drug-likeness (QED) is 0.675. The number of rotatable bonds is 5. The molecule has 2 saturated heterocycles. The van der Waals surface area contributed by atoms with E-state index in [-0.39, 0.29) is 23.7 Å². The normalized spacial score (nSPS) is 20.6. The topological polar surface area (TPSA) is 99.3 Å². The molecule has 11 heteroatoms. The smallest absolute Gasteiger partial charge is 0.387 e. The molecule has 0 aliphatic carbocycles. The summed E-state index contributed by atoms with van der Waals surface area (Å²) in [7, 11) is 0. The molecule has 0 saturated carbocycles. The minimum atomic E-state index is -3.00. The van der Waals surface area contributed by atoms with Crippen molar-refractivity contribution in [3.05, 3.63) is 29.9 Å². The highest BCUT2D eigenvalue weighted by atomic mass is 32.1. The molecule has 0 amide bonds. The molecule has 2 N–H and O–H groups in total. The van der Waals surface area contributed by atoms with E-state index in [4.69, 9.17) is 15.5 Å². The average Bonchev–Trinajstić information content (AvgIpc) is 3.47. The van der Waals surface area contributed by atoms with E-state index >= 15 is 0 Å². The number of halogens is 2. The van der Waals surface area contributed by atoms with Gasteiger partial charge in [0.25, 0.3) is 0 Å². The lowest BCUT2D eigenvalue weighted by atomic mass is 10.2. The standard InChI is InChI=1S/C18H16F2N6O2S/c19-18(20)28-13-3-9(6-23-15(13)21)12-5-14(26-7-11-4-10(26)8-27-11)25-16(24-12)17-22-1-2-29-17/h1-3,5-6,10-11,18H,4,7-8H2,(H2,21,23)/t10-,11-/m0/s1. The summed E-state index contributed by atoms with van der Waals surface area (Å²) in [4.78, 5) is 19.8. The fraction of sp³-hybridized carbons (Fsp3) is 0.333. The first-order chi connectivity index (χ1) is 14.1. The number of anilines is 2. The highest BCUT2D eigenvalue weighted by Gasteiger charge is 2.40. The Morgan fingerprint density at radius 1 is 1.28 bits per heavy atom. The van der Waals surface area contributed by atoms with Crippen LogP contribution in [-0.4, -0.2) is 51.8 Å². The summed E-state index contributed by atoms with van der Waals surface area (Å²) in [5, 5.41) is 2.51. The number of nitrogens with zero attached hydrogens (tertiary/aromatic N) is 5. The van der Waals surface area contributed by atoms with Crippen LogP contribution in [0.4, 0.5) is 20.4 Å². The Hall–Kier alpha value is -2.92. The van der Waals surface area contributed by atoms with E-state index in [1.807, 2.05) is 11.4 Å². The number of hydrogen-bond acceptors (Lipinski definition) is 9. The number of aromatic nitrogens is 4. The second kappa shape index (κ2) is 7.16. The van der Waals surface area contributed by atoms with Gasteiger partial charge in [-0.25, -0.2) is 19.9 Å². The predicted molar refractivity (Wildman–Crippen MR) is 103 cm³/mol. The van der Waals surface area contributed by atoms with Gasteiger partial charge in [0.15, 0.2) is 22.4 Å². The van der Waals surface area contributed by atoms with Crippen LogP contribution in [0.25, 0.3) is 22.1 Å². The van der Waals surface area contributed by atoms with Gasteiger partial charge in [-0.15, -0.1) is 11.3 Å². The summed E-state index contributed by atoms with van der Waals surface area (Å²) < 4.78 is 35.5. The maximum absolute atomic E-state index is 12.7. The van der Waals surface area contributed by atoms with E-state index in [9.17, 15) is 8.78 Å². The van der Waals surface area contributed by atoms with Crippen LogP contribution < -0.4 is 15.4 Å². The van der Waals surface area contributed by atoms with Crippen molar-refractivity contribution >= 4 is 23.0 Å². The number of alkyl halides is 2. The molecule has 2 bridgehead atoms. The Balaban J connectivity index is 1.59. The van der Waals surface area contributed by atoms with Crippen molar-refractivity contribution in [2.75, 3.05) is 23.8 Å². The first-order valence-electron chi connectivity index (χ1n) is 8.94. The fourth-order valence-corrected chi connectivity index (χ4v) is 4.19. The SMILES string of the molecule is Nc1ncc(-c2cc(N3C[C@@H]4C[C@H]3CO4)nc(-c3nccs3)n2)cc1OC(F)F. The fourth-order valence-electron chi connectivity index (χ4n) is 3.62. The molecular formula is C18H16F2N6O2S. The highest BCUT2D eigenvalue weighted by molar-refractivity contribution is 7.13. The van der Waals surface area contributed by atoms with Crippen molar-refractivity contribution < 1.29 is 18.3 Å². The van der Waals surface area contributed by atoms with Crippen LogP contribution in [0.15, 0.2) is 29.9 Å². The largest absolute Gasteiger partial charge is 0.431 e. The molecule has 8 nitrogen and oxygen atoms in total. The van der Waals surface area contributed by atoms with Gasteiger partial charge in [0, 0.05) is 35.9 Å². The summed E-state index contributed by atoms with van der Waals surface area (Å²) in [5.41, 5.74) is 6.68. The Labute approximate surface area is 168 Å². The van der Waals surface area contributed by atoms with Crippen molar-refractivity contribution in [1.29, 1.82) is 0 Å². The Bertz CT molecular complexity index is 1040. The van der Waals surface area contributed by atoms with Crippen molar-refractivity contribution in [2.24, 2.45) is 0 Å². The number of nitrogens with two attached hydrogens (primary N) is 1. The number of nitrogen functional groups attached to an aromatic ring is 1. The molecule has 0 aromatic carbocycles. The Morgan fingerprint density at radius 3 is 2.86 bits per heavy atom. The van der Waals surface area contributed by atoms with Crippen LogP contribution >= 0.6 is 11.3 Å². The third-order valence-corrected chi connectivity index (χ3v) is 5.69. The third-order valence-electron chi connectivity index (χ3n) is 4.92. The Morgan fingerprint density at radius 2 is 2.17 bits per heavy atom. The number of ether oxygens (including phenoxy) is 2. The number of thiazole rings is 1. The molecule has 2 aliphatic rings. The van der Waals surface area contributed by atoms with Gasteiger partial charge in [0.1, 0.15) is 5.82 Å². The lowest BCUT2D eigenvalue weighted by Crippen LogP contribution is -2.37. The summed E-state index contributed by atoms with van der Waals surface area (Å²) in [6.45, 7) is -1.59. The average molecular weight is 418 g/mol. The van der Waals surface area contributed by atoms with E-state index in [1.54, 1.807) is 6.20 Å². The lowest BCUT2D eigenvalue weighted by Gasteiger charge is -2.28. The number of pyridine rings is 1. The molecule has 0 unspecified atom stereocenters. The van der Waals surface area contributed by atoms with Crippen LogP contribution in [0.5, 0.6) is 5.75 Å². The zero-order valence-electron chi connectivity index (χ0n) is 15.0. The van der Waals surface area contributed by atoms with Crippen molar-refractivity contribution in [3.8, 4) is 27.8 Å². The molecule has 2 fully saturated rings. The van der Waals surface area contributed by atoms with Gasteiger partial charge in [0.05, 0.1) is 24.4 Å². The van der Waals surface area contributed by atoms with Gasteiger partial charge in [-0.2, -0.15) is 8.78 Å². The first-order valence-corrected chi connectivity index (χ1v) is 9.82. The van der Waals surface area contributed by atoms with Crippen LogP contribution in [0.3, 0.4) is 0 Å². The van der Waals surface area contributed by atoms with Crippen LogP contribution in [-0.2, 0) is 4.74 Å². The summed E-state index contributed by atoms with van der Waals surface area (Å²) >= 11 is 1.42. The van der Waals surface area contributed by atoms with E-state index in [2.05, 4.69) is 24.6 Å². The van der Waals surface area contributed by atoms with Crippen LogP contribution in [0.1, 0.15) is 6.42 Å². The van der Waals surface area contributed by atoms with Gasteiger partial charge in [-0.1, -0.05) is 0 Å². The zero-order valence-corrected chi connectivity index (χ0v) is 15.9. The summed E-state index contributed by atoms with van der Waals surface area (Å²) in [5.74, 6) is 0.896. The molecule has 2 aliphatic heterocycles. The van der Waals surface area contributed by atoms with E-state index < -0.39 is 6.61 Å². The van der Waals surface area contributed by atoms with E-state index in [0.717, 1.165) is 18.8 Å². The molecule has 150 valence electrons.